The van der Waals surface area contributed by atoms with Crippen LogP contribution in [0.4, 0.5) is 0 Å². The van der Waals surface area contributed by atoms with Crippen LogP contribution in [0.3, 0.4) is 0 Å². The fourth-order valence-electron chi connectivity index (χ4n) is 5.04. The lowest BCUT2D eigenvalue weighted by molar-refractivity contribution is -0.150. The lowest BCUT2D eigenvalue weighted by atomic mass is 9.96. The SMILES string of the molecule is CCOC(=O)C1CCCN(CC(=O)N2N=C(c3ccccc3OC)CC2c2cc(OC)ccc2OC)C1. The zero-order chi connectivity index (χ0) is 26.4. The standard InChI is InChI=1S/C28H35N3O6/c1-5-37-28(33)19-9-8-14-30(17-19)18-27(32)31-24(22-15-20(34-2)12-13-26(22)36-4)16-23(29-31)21-10-6-7-11-25(21)35-3/h6-7,10-13,15,19,24H,5,8-9,14,16-18H2,1-4H3. The number of hydrogen-bond donors (Lipinski definition) is 0. The van der Waals surface area contributed by atoms with Crippen molar-refractivity contribution in [3.63, 3.8) is 0 Å². The van der Waals surface area contributed by atoms with Crippen molar-refractivity contribution in [1.29, 1.82) is 0 Å². The van der Waals surface area contributed by atoms with Crippen molar-refractivity contribution < 1.29 is 28.5 Å². The molecule has 2 aliphatic heterocycles. The maximum Gasteiger partial charge on any atom is 0.310 e. The molecule has 2 aliphatic rings. The van der Waals surface area contributed by atoms with E-state index in [1.165, 1.54) is 0 Å². The van der Waals surface area contributed by atoms with E-state index in [0.29, 0.717) is 36.8 Å². The third-order valence-corrected chi connectivity index (χ3v) is 6.86. The first-order valence-corrected chi connectivity index (χ1v) is 12.6. The third kappa shape index (κ3) is 5.88. The number of esters is 1. The lowest BCUT2D eigenvalue weighted by Gasteiger charge is -2.32. The number of likely N-dealkylation sites (tertiary alicyclic amines) is 1. The number of piperidine rings is 1. The van der Waals surface area contributed by atoms with Crippen LogP contribution in [0.1, 0.15) is 43.4 Å². The predicted octanol–water partition coefficient (Wildman–Crippen LogP) is 3.67. The summed E-state index contributed by atoms with van der Waals surface area (Å²) in [6.07, 6.45) is 2.09. The third-order valence-electron chi connectivity index (χ3n) is 6.86. The number of carbonyl (C=O) groups is 2. The number of nitrogens with zero attached hydrogens (tertiary/aromatic N) is 3. The highest BCUT2D eigenvalue weighted by atomic mass is 16.5. The minimum atomic E-state index is -0.386. The van der Waals surface area contributed by atoms with Crippen LogP contribution in [0, 0.1) is 5.92 Å². The van der Waals surface area contributed by atoms with Crippen molar-refractivity contribution in [2.24, 2.45) is 11.0 Å². The monoisotopic (exact) mass is 509 g/mol. The number of benzene rings is 2. The largest absolute Gasteiger partial charge is 0.497 e. The van der Waals surface area contributed by atoms with Gasteiger partial charge < -0.3 is 18.9 Å². The smallest absolute Gasteiger partial charge is 0.310 e. The van der Waals surface area contributed by atoms with Crippen LogP contribution in [0.25, 0.3) is 0 Å². The molecule has 2 unspecified atom stereocenters. The first-order chi connectivity index (χ1) is 18.0. The summed E-state index contributed by atoms with van der Waals surface area (Å²) in [5.74, 6) is 1.45. The Labute approximate surface area is 217 Å². The molecule has 0 N–H and O–H groups in total. The van der Waals surface area contributed by atoms with Gasteiger partial charge in [0.05, 0.1) is 52.2 Å². The van der Waals surface area contributed by atoms with Crippen LogP contribution < -0.4 is 14.2 Å². The molecule has 9 nitrogen and oxygen atoms in total. The second-order valence-electron chi connectivity index (χ2n) is 9.14. The number of para-hydroxylation sites is 1. The molecule has 1 amide bonds. The van der Waals surface area contributed by atoms with E-state index >= 15 is 0 Å². The number of amides is 1. The van der Waals surface area contributed by atoms with Gasteiger partial charge in [-0.1, -0.05) is 12.1 Å². The van der Waals surface area contributed by atoms with Crippen molar-refractivity contribution in [3.8, 4) is 17.2 Å². The second kappa shape index (κ2) is 12.1. The molecular formula is C28H35N3O6. The highest BCUT2D eigenvalue weighted by molar-refractivity contribution is 6.05. The lowest BCUT2D eigenvalue weighted by Crippen LogP contribution is -2.44. The summed E-state index contributed by atoms with van der Waals surface area (Å²) in [6, 6.07) is 12.8. The van der Waals surface area contributed by atoms with Crippen LogP contribution in [0.2, 0.25) is 0 Å². The number of hydrazone groups is 1. The summed E-state index contributed by atoms with van der Waals surface area (Å²) < 4.78 is 21.9. The fraction of sp³-hybridized carbons (Fsp3) is 0.464. The predicted molar refractivity (Wildman–Crippen MR) is 139 cm³/mol. The molecule has 0 saturated carbocycles. The minimum absolute atomic E-state index is 0.149. The fourth-order valence-corrected chi connectivity index (χ4v) is 5.04. The van der Waals surface area contributed by atoms with E-state index in [2.05, 4.69) is 0 Å². The van der Waals surface area contributed by atoms with Gasteiger partial charge in [-0.3, -0.25) is 14.5 Å². The summed E-state index contributed by atoms with van der Waals surface area (Å²) in [5.41, 5.74) is 2.41. The molecule has 9 heteroatoms. The molecule has 2 aromatic rings. The van der Waals surface area contributed by atoms with Crippen molar-refractivity contribution >= 4 is 17.6 Å². The van der Waals surface area contributed by atoms with Crippen molar-refractivity contribution in [1.82, 2.24) is 9.91 Å². The van der Waals surface area contributed by atoms with Crippen molar-refractivity contribution in [2.45, 2.75) is 32.2 Å². The molecule has 1 saturated heterocycles. The van der Waals surface area contributed by atoms with Gasteiger partial charge in [-0.25, -0.2) is 5.01 Å². The van der Waals surface area contributed by atoms with E-state index in [1.807, 2.05) is 47.4 Å². The first-order valence-electron chi connectivity index (χ1n) is 12.6. The highest BCUT2D eigenvalue weighted by Crippen LogP contribution is 2.40. The topological polar surface area (TPSA) is 89.9 Å². The minimum Gasteiger partial charge on any atom is -0.497 e. The van der Waals surface area contributed by atoms with E-state index in [0.717, 1.165) is 36.2 Å². The van der Waals surface area contributed by atoms with E-state index in [-0.39, 0.29) is 30.4 Å². The Morgan fingerprint density at radius 2 is 1.81 bits per heavy atom. The Morgan fingerprint density at radius 3 is 2.54 bits per heavy atom. The molecular weight excluding hydrogens is 474 g/mol. The Balaban J connectivity index is 1.64. The zero-order valence-corrected chi connectivity index (χ0v) is 21.9. The average Bonchev–Trinajstić information content (AvgIpc) is 3.38. The number of rotatable bonds is 9. The van der Waals surface area contributed by atoms with Crippen LogP contribution in [-0.2, 0) is 14.3 Å². The quantitative estimate of drug-likeness (QED) is 0.477. The van der Waals surface area contributed by atoms with Crippen LogP contribution in [-0.4, -0.2) is 75.1 Å². The molecule has 198 valence electrons. The second-order valence-corrected chi connectivity index (χ2v) is 9.14. The van der Waals surface area contributed by atoms with E-state index < -0.39 is 0 Å². The number of ether oxygens (including phenoxy) is 4. The molecule has 2 aromatic carbocycles. The van der Waals surface area contributed by atoms with Gasteiger partial charge in [0, 0.05) is 24.1 Å². The van der Waals surface area contributed by atoms with Crippen LogP contribution in [0.5, 0.6) is 17.2 Å². The van der Waals surface area contributed by atoms with E-state index in [9.17, 15) is 9.59 Å². The zero-order valence-electron chi connectivity index (χ0n) is 21.9. The Hall–Kier alpha value is -3.59. The molecule has 2 atom stereocenters. The van der Waals surface area contributed by atoms with Gasteiger partial charge >= 0.3 is 5.97 Å². The van der Waals surface area contributed by atoms with Gasteiger partial charge in [-0.2, -0.15) is 5.10 Å². The van der Waals surface area contributed by atoms with Gasteiger partial charge in [0.2, 0.25) is 0 Å². The molecule has 2 heterocycles. The van der Waals surface area contributed by atoms with Gasteiger partial charge in [-0.15, -0.1) is 0 Å². The summed E-state index contributed by atoms with van der Waals surface area (Å²) in [7, 11) is 4.84. The normalized spacial score (nSPS) is 19.8. The molecule has 37 heavy (non-hydrogen) atoms. The summed E-state index contributed by atoms with van der Waals surface area (Å²) in [4.78, 5) is 28.1. The molecule has 0 aromatic heterocycles. The number of methoxy groups -OCH3 is 3. The molecule has 1 fully saturated rings. The van der Waals surface area contributed by atoms with Gasteiger partial charge in [0.1, 0.15) is 17.2 Å². The highest BCUT2D eigenvalue weighted by Gasteiger charge is 2.37. The molecule has 0 radical (unpaired) electrons. The molecule has 0 bridgehead atoms. The summed E-state index contributed by atoms with van der Waals surface area (Å²) in [5, 5.41) is 6.36. The van der Waals surface area contributed by atoms with Crippen molar-refractivity contribution in [2.75, 3.05) is 47.6 Å². The molecule has 0 spiro atoms. The number of hydrogen-bond acceptors (Lipinski definition) is 8. The van der Waals surface area contributed by atoms with Crippen molar-refractivity contribution in [3.05, 3.63) is 53.6 Å². The van der Waals surface area contributed by atoms with Crippen LogP contribution in [0.15, 0.2) is 47.6 Å². The van der Waals surface area contributed by atoms with Crippen LogP contribution >= 0.6 is 0 Å². The molecule has 4 rings (SSSR count). The average molecular weight is 510 g/mol. The summed E-state index contributed by atoms with van der Waals surface area (Å²) >= 11 is 0. The van der Waals surface area contributed by atoms with Gasteiger partial charge in [0.25, 0.3) is 5.91 Å². The van der Waals surface area contributed by atoms with E-state index in [4.69, 9.17) is 24.0 Å². The van der Waals surface area contributed by atoms with Gasteiger partial charge in [0.15, 0.2) is 0 Å². The maximum atomic E-state index is 13.7. The maximum absolute atomic E-state index is 13.7. The Morgan fingerprint density at radius 1 is 1.03 bits per heavy atom. The van der Waals surface area contributed by atoms with E-state index in [1.54, 1.807) is 33.3 Å². The van der Waals surface area contributed by atoms with Gasteiger partial charge in [-0.05, 0) is 56.6 Å². The summed E-state index contributed by atoms with van der Waals surface area (Å²) in [6.45, 7) is 3.55. The Bertz CT molecular complexity index is 1150. The Kier molecular flexibility index (Phi) is 8.66. The number of carbonyl (C=O) groups excluding carboxylic acids is 2. The first kappa shape index (κ1) is 26.5. The molecule has 0 aliphatic carbocycles.